The van der Waals surface area contributed by atoms with Crippen molar-refractivity contribution in [3.63, 3.8) is 0 Å². The van der Waals surface area contributed by atoms with Crippen LogP contribution in [0.15, 0.2) is 24.3 Å². The van der Waals surface area contributed by atoms with Crippen molar-refractivity contribution in [3.05, 3.63) is 34.4 Å². The average molecular weight is 270 g/mol. The van der Waals surface area contributed by atoms with Gasteiger partial charge in [-0.2, -0.15) is 0 Å². The number of nitro groups is 1. The molecule has 0 bridgehead atoms. The molecule has 0 aromatic heterocycles. The predicted octanol–water partition coefficient (Wildman–Crippen LogP) is -0.554. The van der Waals surface area contributed by atoms with Crippen molar-refractivity contribution in [1.29, 1.82) is 0 Å². The molecule has 1 aliphatic rings. The number of hydrogen-bond acceptors (Lipinski definition) is 7. The monoisotopic (exact) mass is 270 g/mol. The summed E-state index contributed by atoms with van der Waals surface area (Å²) < 4.78 is 5.19. The molecule has 0 saturated carbocycles. The number of aliphatic hydroxyl groups is 3. The molecule has 1 saturated heterocycles. The van der Waals surface area contributed by atoms with Crippen molar-refractivity contribution in [2.24, 2.45) is 0 Å². The Morgan fingerprint density at radius 1 is 1.32 bits per heavy atom. The van der Waals surface area contributed by atoms with Gasteiger partial charge in [-0.1, -0.05) is 12.1 Å². The van der Waals surface area contributed by atoms with Gasteiger partial charge in [-0.3, -0.25) is 10.1 Å². The van der Waals surface area contributed by atoms with Crippen LogP contribution in [0.5, 0.6) is 0 Å². The zero-order chi connectivity index (χ0) is 14.0. The molecule has 2 rings (SSSR count). The summed E-state index contributed by atoms with van der Waals surface area (Å²) in [6.45, 7) is -0.451. The highest BCUT2D eigenvalue weighted by atomic mass is 16.6. The highest BCUT2D eigenvalue weighted by Gasteiger charge is 2.42. The first kappa shape index (κ1) is 13.7. The number of aliphatic hydroxyl groups excluding tert-OH is 3. The zero-order valence-electron chi connectivity index (χ0n) is 9.84. The van der Waals surface area contributed by atoms with E-state index in [4.69, 9.17) is 9.84 Å². The number of benzene rings is 1. The standard InChI is InChI=1S/C11H14N2O6/c14-5-8-9(15)10(16)11(19-8)12-6-3-1-2-4-7(6)13(17)18/h1-4,8-12,14-16H,5H2/t8-,9-,10-,11?/m1/s1. The van der Waals surface area contributed by atoms with Crippen LogP contribution >= 0.6 is 0 Å². The normalized spacial score (nSPS) is 30.3. The molecule has 1 aromatic carbocycles. The number of nitro benzene ring substituents is 1. The summed E-state index contributed by atoms with van der Waals surface area (Å²) in [4.78, 5) is 10.3. The molecule has 0 aliphatic carbocycles. The van der Waals surface area contributed by atoms with Gasteiger partial charge in [0.25, 0.3) is 5.69 Å². The van der Waals surface area contributed by atoms with Crippen molar-refractivity contribution >= 4 is 11.4 Å². The van der Waals surface area contributed by atoms with Gasteiger partial charge in [0.1, 0.15) is 24.0 Å². The van der Waals surface area contributed by atoms with E-state index in [-0.39, 0.29) is 11.4 Å². The van der Waals surface area contributed by atoms with Gasteiger partial charge in [-0.15, -0.1) is 0 Å². The summed E-state index contributed by atoms with van der Waals surface area (Å²) >= 11 is 0. The van der Waals surface area contributed by atoms with Crippen LogP contribution in [-0.2, 0) is 4.74 Å². The molecule has 4 N–H and O–H groups in total. The Morgan fingerprint density at radius 3 is 2.58 bits per heavy atom. The first-order chi connectivity index (χ1) is 9.04. The molecular formula is C11H14N2O6. The highest BCUT2D eigenvalue weighted by molar-refractivity contribution is 5.61. The Balaban J connectivity index is 2.16. The number of anilines is 1. The topological polar surface area (TPSA) is 125 Å². The molecule has 1 heterocycles. The molecule has 4 atom stereocenters. The smallest absolute Gasteiger partial charge is 0.292 e. The Morgan fingerprint density at radius 2 is 2.00 bits per heavy atom. The Hall–Kier alpha value is -1.74. The van der Waals surface area contributed by atoms with Crippen molar-refractivity contribution in [2.75, 3.05) is 11.9 Å². The summed E-state index contributed by atoms with van der Waals surface area (Å²) in [5.41, 5.74) is 0.00239. The Bertz CT molecular complexity index is 468. The van der Waals surface area contributed by atoms with Crippen LogP contribution in [0, 0.1) is 10.1 Å². The largest absolute Gasteiger partial charge is 0.394 e. The molecule has 19 heavy (non-hydrogen) atoms. The zero-order valence-corrected chi connectivity index (χ0v) is 9.84. The quantitative estimate of drug-likeness (QED) is 0.427. The molecular weight excluding hydrogens is 256 g/mol. The third-order valence-electron chi connectivity index (χ3n) is 2.94. The Kier molecular flexibility index (Phi) is 3.96. The molecule has 104 valence electrons. The molecule has 0 amide bonds. The molecule has 1 unspecified atom stereocenters. The van der Waals surface area contributed by atoms with Crippen LogP contribution in [0.4, 0.5) is 11.4 Å². The molecule has 1 aliphatic heterocycles. The van der Waals surface area contributed by atoms with Gasteiger partial charge in [0, 0.05) is 6.07 Å². The number of para-hydroxylation sites is 2. The molecule has 8 nitrogen and oxygen atoms in total. The summed E-state index contributed by atoms with van der Waals surface area (Å²) in [5, 5.41) is 41.7. The SMILES string of the molecule is O=[N+]([O-])c1ccccc1NC1O[C@H](CO)[C@@H](O)[C@H]1O. The van der Waals surface area contributed by atoms with Crippen LogP contribution < -0.4 is 5.32 Å². The van der Waals surface area contributed by atoms with E-state index in [9.17, 15) is 20.3 Å². The summed E-state index contributed by atoms with van der Waals surface area (Å²) in [6, 6.07) is 5.88. The summed E-state index contributed by atoms with van der Waals surface area (Å²) in [5.74, 6) is 0. The number of rotatable bonds is 4. The van der Waals surface area contributed by atoms with Gasteiger partial charge >= 0.3 is 0 Å². The van der Waals surface area contributed by atoms with Crippen LogP contribution in [0.25, 0.3) is 0 Å². The minimum atomic E-state index is -1.28. The maximum Gasteiger partial charge on any atom is 0.292 e. The third-order valence-corrected chi connectivity index (χ3v) is 2.94. The van der Waals surface area contributed by atoms with Crippen molar-refractivity contribution in [1.82, 2.24) is 0 Å². The van der Waals surface area contributed by atoms with E-state index in [0.717, 1.165) is 0 Å². The highest BCUT2D eigenvalue weighted by Crippen LogP contribution is 2.28. The van der Waals surface area contributed by atoms with E-state index in [1.54, 1.807) is 6.07 Å². The number of nitrogens with zero attached hydrogens (tertiary/aromatic N) is 1. The lowest BCUT2D eigenvalue weighted by Crippen LogP contribution is -2.36. The van der Waals surface area contributed by atoms with E-state index in [2.05, 4.69) is 5.32 Å². The van der Waals surface area contributed by atoms with E-state index >= 15 is 0 Å². The van der Waals surface area contributed by atoms with Crippen LogP contribution in [-0.4, -0.2) is 51.4 Å². The minimum Gasteiger partial charge on any atom is -0.394 e. The molecule has 0 spiro atoms. The van der Waals surface area contributed by atoms with Gasteiger partial charge < -0.3 is 25.4 Å². The predicted molar refractivity (Wildman–Crippen MR) is 64.5 cm³/mol. The maximum atomic E-state index is 10.8. The second kappa shape index (κ2) is 5.49. The lowest BCUT2D eigenvalue weighted by atomic mass is 10.1. The van der Waals surface area contributed by atoms with Crippen molar-refractivity contribution in [2.45, 2.75) is 24.5 Å². The lowest BCUT2D eigenvalue weighted by molar-refractivity contribution is -0.384. The lowest BCUT2D eigenvalue weighted by Gasteiger charge is -2.17. The van der Waals surface area contributed by atoms with Crippen molar-refractivity contribution in [3.8, 4) is 0 Å². The fourth-order valence-corrected chi connectivity index (χ4v) is 1.93. The number of ether oxygens (including phenoxy) is 1. The fraction of sp³-hybridized carbons (Fsp3) is 0.455. The van der Waals surface area contributed by atoms with Crippen LogP contribution in [0.2, 0.25) is 0 Å². The third kappa shape index (κ3) is 2.66. The van der Waals surface area contributed by atoms with Gasteiger partial charge in [-0.25, -0.2) is 0 Å². The molecule has 1 aromatic rings. The van der Waals surface area contributed by atoms with Crippen LogP contribution in [0.3, 0.4) is 0 Å². The van der Waals surface area contributed by atoms with E-state index in [1.165, 1.54) is 18.2 Å². The molecule has 1 fully saturated rings. The van der Waals surface area contributed by atoms with Gasteiger partial charge in [0.05, 0.1) is 11.5 Å². The van der Waals surface area contributed by atoms with E-state index in [0.29, 0.717) is 0 Å². The van der Waals surface area contributed by atoms with Gasteiger partial charge in [0.15, 0.2) is 6.23 Å². The van der Waals surface area contributed by atoms with Crippen LogP contribution in [0.1, 0.15) is 0 Å². The first-order valence-electron chi connectivity index (χ1n) is 5.67. The average Bonchev–Trinajstić information content (AvgIpc) is 2.67. The summed E-state index contributed by atoms with van der Waals surface area (Å²) in [6.07, 6.45) is -4.47. The number of nitrogens with one attached hydrogen (secondary N) is 1. The summed E-state index contributed by atoms with van der Waals surface area (Å²) in [7, 11) is 0. The fourth-order valence-electron chi connectivity index (χ4n) is 1.93. The molecule has 8 heteroatoms. The van der Waals surface area contributed by atoms with Crippen molar-refractivity contribution < 1.29 is 25.0 Å². The minimum absolute atomic E-state index is 0.166. The second-order valence-corrected chi connectivity index (χ2v) is 4.18. The van der Waals surface area contributed by atoms with E-state index in [1.807, 2.05) is 0 Å². The van der Waals surface area contributed by atoms with E-state index < -0.39 is 36.1 Å². The molecule has 0 radical (unpaired) electrons. The maximum absolute atomic E-state index is 10.8. The first-order valence-corrected chi connectivity index (χ1v) is 5.67. The number of hydrogen-bond donors (Lipinski definition) is 4. The van der Waals surface area contributed by atoms with Gasteiger partial charge in [-0.05, 0) is 6.07 Å². The Labute approximate surface area is 108 Å². The second-order valence-electron chi connectivity index (χ2n) is 4.18. The van der Waals surface area contributed by atoms with Gasteiger partial charge in [0.2, 0.25) is 0 Å².